The maximum absolute atomic E-state index is 10.2. The monoisotopic (exact) mass is 230 g/mol. The predicted molar refractivity (Wildman–Crippen MR) is 70.8 cm³/mol. The lowest BCUT2D eigenvalue weighted by Crippen LogP contribution is -2.48. The van der Waals surface area contributed by atoms with Gasteiger partial charge in [0.25, 0.3) is 0 Å². The van der Waals surface area contributed by atoms with E-state index in [1.54, 1.807) is 0 Å². The molecule has 0 heterocycles. The number of hydrogen-bond acceptors (Lipinski definition) is 3. The summed E-state index contributed by atoms with van der Waals surface area (Å²) in [5.41, 5.74) is -0.636. The normalized spacial score (nSPS) is 15.8. The molecule has 0 aliphatic carbocycles. The van der Waals surface area contributed by atoms with E-state index >= 15 is 0 Å². The van der Waals surface area contributed by atoms with Crippen LogP contribution in [-0.2, 0) is 0 Å². The molecule has 0 bridgehead atoms. The van der Waals surface area contributed by atoms with Gasteiger partial charge in [-0.15, -0.1) is 0 Å². The van der Waals surface area contributed by atoms with Gasteiger partial charge < -0.3 is 15.3 Å². The Labute approximate surface area is 101 Å². The van der Waals surface area contributed by atoms with Crippen LogP contribution in [-0.4, -0.2) is 48.8 Å². The summed E-state index contributed by atoms with van der Waals surface area (Å²) in [6, 6.07) is 0.559. The molecule has 0 rings (SSSR count). The molecule has 0 radical (unpaired) electrons. The van der Waals surface area contributed by atoms with Gasteiger partial charge in [-0.3, -0.25) is 0 Å². The maximum Gasteiger partial charge on any atom is 0.0869 e. The molecule has 16 heavy (non-hydrogen) atoms. The van der Waals surface area contributed by atoms with Crippen LogP contribution in [0, 0.1) is 0 Å². The fourth-order valence-corrected chi connectivity index (χ4v) is 2.15. The maximum atomic E-state index is 10.2. The molecule has 0 aromatic rings. The molecule has 98 valence electrons. The lowest BCUT2D eigenvalue weighted by molar-refractivity contribution is 0.0307. The molecule has 1 atom stereocenters. The number of nitrogens with one attached hydrogen (secondary N) is 1. The first-order valence-corrected chi connectivity index (χ1v) is 6.51. The molecule has 1 unspecified atom stereocenters. The Morgan fingerprint density at radius 2 is 1.69 bits per heavy atom. The lowest BCUT2D eigenvalue weighted by Gasteiger charge is -2.29. The van der Waals surface area contributed by atoms with Crippen molar-refractivity contribution in [3.8, 4) is 0 Å². The van der Waals surface area contributed by atoms with Gasteiger partial charge in [0, 0.05) is 19.1 Å². The van der Waals surface area contributed by atoms with Crippen LogP contribution in [0.3, 0.4) is 0 Å². The van der Waals surface area contributed by atoms with Crippen molar-refractivity contribution in [2.24, 2.45) is 0 Å². The van der Waals surface area contributed by atoms with E-state index in [9.17, 15) is 5.11 Å². The second-order valence-electron chi connectivity index (χ2n) is 5.39. The van der Waals surface area contributed by atoms with Crippen molar-refractivity contribution in [1.82, 2.24) is 10.2 Å². The van der Waals surface area contributed by atoms with Gasteiger partial charge in [0.15, 0.2) is 0 Å². The van der Waals surface area contributed by atoms with Gasteiger partial charge in [0.05, 0.1) is 5.60 Å². The van der Waals surface area contributed by atoms with Crippen LogP contribution >= 0.6 is 0 Å². The minimum atomic E-state index is -0.636. The smallest absolute Gasteiger partial charge is 0.0869 e. The molecule has 0 amide bonds. The van der Waals surface area contributed by atoms with E-state index in [0.29, 0.717) is 19.1 Å². The predicted octanol–water partition coefficient (Wildman–Crippen LogP) is 1.86. The van der Waals surface area contributed by atoms with Gasteiger partial charge in [-0.1, -0.05) is 26.7 Å². The molecule has 0 aromatic heterocycles. The van der Waals surface area contributed by atoms with Crippen LogP contribution < -0.4 is 5.32 Å². The molecule has 0 fully saturated rings. The zero-order valence-electron chi connectivity index (χ0n) is 11.7. The van der Waals surface area contributed by atoms with Crippen LogP contribution in [0.15, 0.2) is 0 Å². The molecule has 0 aliphatic rings. The van der Waals surface area contributed by atoms with Crippen LogP contribution in [0.1, 0.15) is 46.5 Å². The number of aliphatic hydroxyl groups is 1. The summed E-state index contributed by atoms with van der Waals surface area (Å²) in [6.07, 6.45) is 4.80. The average Bonchev–Trinajstić information content (AvgIpc) is 2.13. The third-order valence-corrected chi connectivity index (χ3v) is 2.70. The molecule has 0 spiro atoms. The first-order chi connectivity index (χ1) is 7.41. The Kier molecular flexibility index (Phi) is 7.98. The summed E-state index contributed by atoms with van der Waals surface area (Å²) in [6.45, 7) is 7.69. The van der Waals surface area contributed by atoms with Crippen LogP contribution in [0.5, 0.6) is 0 Å². The summed E-state index contributed by atoms with van der Waals surface area (Å²) in [4.78, 5) is 2.02. The molecule has 2 N–H and O–H groups in total. The van der Waals surface area contributed by atoms with Gasteiger partial charge >= 0.3 is 0 Å². The number of nitrogens with zero attached hydrogens (tertiary/aromatic N) is 1. The third-order valence-electron chi connectivity index (χ3n) is 2.70. The topological polar surface area (TPSA) is 35.5 Å². The molecule has 3 nitrogen and oxygen atoms in total. The number of hydrogen-bond donors (Lipinski definition) is 2. The SMILES string of the molecule is CCCC(CCC)NCC(C)(O)CN(C)C. The van der Waals surface area contributed by atoms with E-state index in [-0.39, 0.29) is 0 Å². The van der Waals surface area contributed by atoms with Crippen LogP contribution in [0.4, 0.5) is 0 Å². The van der Waals surface area contributed by atoms with Crippen molar-refractivity contribution < 1.29 is 5.11 Å². The Morgan fingerprint density at radius 3 is 2.06 bits per heavy atom. The average molecular weight is 230 g/mol. The summed E-state index contributed by atoms with van der Waals surface area (Å²) >= 11 is 0. The number of likely N-dealkylation sites (N-methyl/N-ethyl adjacent to an activating group) is 1. The van der Waals surface area contributed by atoms with Crippen molar-refractivity contribution in [3.05, 3.63) is 0 Å². The quantitative estimate of drug-likeness (QED) is 0.634. The van der Waals surface area contributed by atoms with Gasteiger partial charge in [-0.25, -0.2) is 0 Å². The first-order valence-electron chi connectivity index (χ1n) is 6.51. The summed E-state index contributed by atoms with van der Waals surface area (Å²) in [5, 5.41) is 13.7. The lowest BCUT2D eigenvalue weighted by atomic mass is 10.0. The molecule has 0 aromatic carbocycles. The molecule has 3 heteroatoms. The Balaban J connectivity index is 3.96. The van der Waals surface area contributed by atoms with Gasteiger partial charge in [0.1, 0.15) is 0 Å². The van der Waals surface area contributed by atoms with Crippen LogP contribution in [0.2, 0.25) is 0 Å². The molecular weight excluding hydrogens is 200 g/mol. The summed E-state index contributed by atoms with van der Waals surface area (Å²) < 4.78 is 0. The van der Waals surface area contributed by atoms with Crippen molar-refractivity contribution >= 4 is 0 Å². The first kappa shape index (κ1) is 15.9. The fourth-order valence-electron chi connectivity index (χ4n) is 2.15. The van der Waals surface area contributed by atoms with Crippen molar-refractivity contribution in [3.63, 3.8) is 0 Å². The minimum absolute atomic E-state index is 0.559. The van der Waals surface area contributed by atoms with Crippen LogP contribution in [0.25, 0.3) is 0 Å². The molecule has 0 saturated heterocycles. The Bertz CT molecular complexity index is 163. The standard InChI is InChI=1S/C13H30N2O/c1-6-8-12(9-7-2)14-10-13(3,16)11-15(4)5/h12,14,16H,6-11H2,1-5H3. The Hall–Kier alpha value is -0.120. The molecule has 0 aliphatic heterocycles. The van der Waals surface area contributed by atoms with E-state index in [0.717, 1.165) is 0 Å². The minimum Gasteiger partial charge on any atom is -0.388 e. The highest BCUT2D eigenvalue weighted by Crippen LogP contribution is 2.08. The second-order valence-corrected chi connectivity index (χ2v) is 5.39. The Morgan fingerprint density at radius 1 is 1.19 bits per heavy atom. The van der Waals surface area contributed by atoms with Crippen molar-refractivity contribution in [2.75, 3.05) is 27.2 Å². The van der Waals surface area contributed by atoms with E-state index in [4.69, 9.17) is 0 Å². The van der Waals surface area contributed by atoms with E-state index in [2.05, 4.69) is 19.2 Å². The second kappa shape index (κ2) is 8.04. The van der Waals surface area contributed by atoms with E-state index in [1.165, 1.54) is 25.7 Å². The number of rotatable bonds is 9. The van der Waals surface area contributed by atoms with Gasteiger partial charge in [-0.2, -0.15) is 0 Å². The summed E-state index contributed by atoms with van der Waals surface area (Å²) in [5.74, 6) is 0. The highest BCUT2D eigenvalue weighted by molar-refractivity contribution is 4.80. The molecule has 0 saturated carbocycles. The zero-order chi connectivity index (χ0) is 12.6. The summed E-state index contributed by atoms with van der Waals surface area (Å²) in [7, 11) is 3.98. The third kappa shape index (κ3) is 8.08. The van der Waals surface area contributed by atoms with E-state index < -0.39 is 5.60 Å². The van der Waals surface area contributed by atoms with Crippen molar-refractivity contribution in [1.29, 1.82) is 0 Å². The largest absolute Gasteiger partial charge is 0.388 e. The van der Waals surface area contributed by atoms with Crippen molar-refractivity contribution in [2.45, 2.75) is 58.1 Å². The van der Waals surface area contributed by atoms with E-state index in [1.807, 2.05) is 25.9 Å². The highest BCUT2D eigenvalue weighted by atomic mass is 16.3. The van der Waals surface area contributed by atoms with Gasteiger partial charge in [-0.05, 0) is 33.9 Å². The van der Waals surface area contributed by atoms with Gasteiger partial charge in [0.2, 0.25) is 0 Å². The highest BCUT2D eigenvalue weighted by Gasteiger charge is 2.22. The molecular formula is C13H30N2O. The zero-order valence-corrected chi connectivity index (χ0v) is 11.7. The fraction of sp³-hybridized carbons (Fsp3) is 1.00.